The molecule has 1 aliphatic rings. The third-order valence-electron chi connectivity index (χ3n) is 2.14. The van der Waals surface area contributed by atoms with Gasteiger partial charge < -0.3 is 4.74 Å². The Hall–Kier alpha value is -0.830. The lowest BCUT2D eigenvalue weighted by Crippen LogP contribution is -2.47. The lowest BCUT2D eigenvalue weighted by Gasteiger charge is -2.16. The van der Waals surface area contributed by atoms with Gasteiger partial charge in [0, 0.05) is 0 Å². The van der Waals surface area contributed by atoms with E-state index in [1.165, 1.54) is 4.72 Å². The summed E-state index contributed by atoms with van der Waals surface area (Å²) in [6, 6.07) is -1.45. The zero-order chi connectivity index (χ0) is 12.6. The van der Waals surface area contributed by atoms with E-state index >= 15 is 0 Å². The highest BCUT2D eigenvalue weighted by atomic mass is 32.2. The molecule has 0 unspecified atom stereocenters. The van der Waals surface area contributed by atoms with Crippen molar-refractivity contribution in [1.29, 1.82) is 0 Å². The summed E-state index contributed by atoms with van der Waals surface area (Å²) in [4.78, 5) is 11.1. The van der Waals surface area contributed by atoms with Gasteiger partial charge in [0.2, 0.25) is 0 Å². The minimum Gasteiger partial charge on any atom is -0.468 e. The average Bonchev–Trinajstić information content (AvgIpc) is 2.94. The molecule has 16 heavy (non-hydrogen) atoms. The number of rotatable bonds is 4. The molecule has 1 N–H and O–H groups in total. The molecule has 94 valence electrons. The van der Waals surface area contributed by atoms with Crippen LogP contribution < -0.4 is 4.72 Å². The molecule has 0 saturated heterocycles. The number of methoxy groups -OCH3 is 1. The Morgan fingerprint density at radius 2 is 1.94 bits per heavy atom. The molecular formula is C7H10F3NO4S. The molecule has 1 fully saturated rings. The van der Waals surface area contributed by atoms with E-state index in [-0.39, 0.29) is 0 Å². The van der Waals surface area contributed by atoms with Gasteiger partial charge in [-0.2, -0.15) is 17.9 Å². The van der Waals surface area contributed by atoms with Crippen molar-refractivity contribution in [3.8, 4) is 0 Å². The lowest BCUT2D eigenvalue weighted by atomic mass is 10.2. The van der Waals surface area contributed by atoms with Crippen LogP contribution in [0.3, 0.4) is 0 Å². The second-order valence-corrected chi connectivity index (χ2v) is 5.11. The first kappa shape index (κ1) is 13.2. The van der Waals surface area contributed by atoms with Crippen molar-refractivity contribution >= 4 is 16.0 Å². The first-order chi connectivity index (χ1) is 7.19. The normalized spacial score (nSPS) is 19.2. The molecule has 0 aromatic carbocycles. The quantitative estimate of drug-likeness (QED) is 0.742. The van der Waals surface area contributed by atoms with Crippen LogP contribution >= 0.6 is 0 Å². The summed E-state index contributed by atoms with van der Waals surface area (Å²) in [5, 5.41) is 0. The molecule has 0 bridgehead atoms. The van der Waals surface area contributed by atoms with Gasteiger partial charge in [-0.05, 0) is 18.8 Å². The highest BCUT2D eigenvalue weighted by Gasteiger charge is 2.50. The number of sulfonamides is 1. The predicted octanol–water partition coefficient (Wildman–Crippen LogP) is 0.377. The van der Waals surface area contributed by atoms with Gasteiger partial charge in [0.1, 0.15) is 6.04 Å². The van der Waals surface area contributed by atoms with Gasteiger partial charge in [-0.25, -0.2) is 8.42 Å². The number of nitrogens with one attached hydrogen (secondary N) is 1. The average molecular weight is 261 g/mol. The zero-order valence-electron chi connectivity index (χ0n) is 8.24. The van der Waals surface area contributed by atoms with Crippen molar-refractivity contribution in [3.63, 3.8) is 0 Å². The number of hydrogen-bond acceptors (Lipinski definition) is 4. The maximum absolute atomic E-state index is 12.0. The van der Waals surface area contributed by atoms with Crippen LogP contribution in [0.2, 0.25) is 0 Å². The van der Waals surface area contributed by atoms with E-state index in [1.807, 2.05) is 0 Å². The molecule has 0 amide bonds. The molecular weight excluding hydrogens is 251 g/mol. The Morgan fingerprint density at radius 1 is 1.44 bits per heavy atom. The summed E-state index contributed by atoms with van der Waals surface area (Å²) >= 11 is 0. The second-order valence-electron chi connectivity index (χ2n) is 3.41. The summed E-state index contributed by atoms with van der Waals surface area (Å²) < 4.78 is 63.2. The van der Waals surface area contributed by atoms with Crippen molar-refractivity contribution in [2.24, 2.45) is 5.92 Å². The number of carbonyl (C=O) groups is 1. The number of hydrogen-bond donors (Lipinski definition) is 1. The second kappa shape index (κ2) is 4.21. The molecule has 1 rings (SSSR count). The van der Waals surface area contributed by atoms with Gasteiger partial charge in [-0.3, -0.25) is 4.79 Å². The van der Waals surface area contributed by atoms with Crippen molar-refractivity contribution in [2.45, 2.75) is 24.4 Å². The van der Waals surface area contributed by atoms with Crippen molar-refractivity contribution in [2.75, 3.05) is 7.11 Å². The molecule has 0 aliphatic heterocycles. The number of carbonyl (C=O) groups excluding carboxylic acids is 1. The monoisotopic (exact) mass is 261 g/mol. The van der Waals surface area contributed by atoms with Crippen LogP contribution in [0.25, 0.3) is 0 Å². The number of ether oxygens (including phenoxy) is 1. The molecule has 5 nitrogen and oxygen atoms in total. The molecule has 9 heteroatoms. The van der Waals surface area contributed by atoms with Crippen LogP contribution in [0, 0.1) is 5.92 Å². The fourth-order valence-corrected chi connectivity index (χ4v) is 1.88. The van der Waals surface area contributed by atoms with Crippen molar-refractivity contribution in [3.05, 3.63) is 0 Å². The molecule has 1 atom stereocenters. The zero-order valence-corrected chi connectivity index (χ0v) is 9.06. The Morgan fingerprint density at radius 3 is 2.25 bits per heavy atom. The van der Waals surface area contributed by atoms with Gasteiger partial charge in [-0.1, -0.05) is 0 Å². The highest BCUT2D eigenvalue weighted by molar-refractivity contribution is 7.90. The standard InChI is InChI=1S/C7H10F3NO4S/c1-15-6(12)5(4-2-3-4)11-16(13,14)7(8,9)10/h4-5,11H,2-3H2,1H3/t5-/m0/s1. The molecule has 0 aromatic rings. The Bertz CT molecular complexity index is 374. The van der Waals surface area contributed by atoms with Crippen LogP contribution in [0.5, 0.6) is 0 Å². The van der Waals surface area contributed by atoms with Gasteiger partial charge >= 0.3 is 21.5 Å². The fraction of sp³-hybridized carbons (Fsp3) is 0.857. The first-order valence-electron chi connectivity index (χ1n) is 4.35. The highest BCUT2D eigenvalue weighted by Crippen LogP contribution is 2.34. The van der Waals surface area contributed by atoms with Gasteiger partial charge in [0.15, 0.2) is 0 Å². The van der Waals surface area contributed by atoms with E-state index in [2.05, 4.69) is 4.74 Å². The number of halogens is 3. The smallest absolute Gasteiger partial charge is 0.468 e. The molecule has 0 aromatic heterocycles. The van der Waals surface area contributed by atoms with Crippen LogP contribution in [0.4, 0.5) is 13.2 Å². The molecule has 1 aliphatic carbocycles. The molecule has 0 spiro atoms. The Kier molecular flexibility index (Phi) is 3.48. The third-order valence-corrected chi connectivity index (χ3v) is 3.31. The van der Waals surface area contributed by atoms with Crippen molar-refractivity contribution < 1.29 is 31.1 Å². The maximum atomic E-state index is 12.0. The van der Waals surface area contributed by atoms with E-state index < -0.39 is 33.5 Å². The van der Waals surface area contributed by atoms with Gasteiger partial charge in [-0.15, -0.1) is 0 Å². The Balaban J connectivity index is 2.80. The van der Waals surface area contributed by atoms with E-state index in [0.717, 1.165) is 7.11 Å². The van der Waals surface area contributed by atoms with Crippen LogP contribution in [-0.2, 0) is 19.6 Å². The van der Waals surface area contributed by atoms with E-state index in [4.69, 9.17) is 0 Å². The van der Waals surface area contributed by atoms with Gasteiger partial charge in [0.05, 0.1) is 7.11 Å². The number of esters is 1. The maximum Gasteiger partial charge on any atom is 0.511 e. The lowest BCUT2D eigenvalue weighted by molar-refractivity contribution is -0.143. The van der Waals surface area contributed by atoms with Crippen molar-refractivity contribution in [1.82, 2.24) is 4.72 Å². The summed E-state index contributed by atoms with van der Waals surface area (Å²) in [6.45, 7) is 0. The van der Waals surface area contributed by atoms with E-state index in [9.17, 15) is 26.4 Å². The minimum atomic E-state index is -5.51. The summed E-state index contributed by atoms with van der Waals surface area (Å²) in [5.41, 5.74) is -5.42. The largest absolute Gasteiger partial charge is 0.511 e. The molecule has 0 radical (unpaired) electrons. The van der Waals surface area contributed by atoms with Gasteiger partial charge in [0.25, 0.3) is 0 Å². The van der Waals surface area contributed by atoms with E-state index in [0.29, 0.717) is 12.8 Å². The molecule has 0 heterocycles. The molecule has 1 saturated carbocycles. The topological polar surface area (TPSA) is 72.5 Å². The fourth-order valence-electron chi connectivity index (χ4n) is 1.13. The van der Waals surface area contributed by atoms with E-state index in [1.54, 1.807) is 0 Å². The van der Waals surface area contributed by atoms with Crippen LogP contribution in [0.15, 0.2) is 0 Å². The summed E-state index contributed by atoms with van der Waals surface area (Å²) in [5.74, 6) is -1.42. The summed E-state index contributed by atoms with van der Waals surface area (Å²) in [6.07, 6.45) is 1.00. The first-order valence-corrected chi connectivity index (χ1v) is 5.84. The predicted molar refractivity (Wildman–Crippen MR) is 46.6 cm³/mol. The van der Waals surface area contributed by atoms with Crippen LogP contribution in [-0.4, -0.2) is 33.0 Å². The number of alkyl halides is 3. The minimum absolute atomic E-state index is 0.412. The Labute approximate surface area is 90.0 Å². The SMILES string of the molecule is COC(=O)[C@@H](NS(=O)(=O)C(F)(F)F)C1CC1. The summed E-state index contributed by atoms with van der Waals surface area (Å²) in [7, 11) is -4.52. The van der Waals surface area contributed by atoms with Crippen LogP contribution in [0.1, 0.15) is 12.8 Å². The third kappa shape index (κ3) is 2.85.